The predicted molar refractivity (Wildman–Crippen MR) is 96.3 cm³/mol. The molecule has 0 aliphatic carbocycles. The van der Waals surface area contributed by atoms with Crippen molar-refractivity contribution < 1.29 is 13.6 Å². The molecule has 132 valence electrons. The van der Waals surface area contributed by atoms with Crippen LogP contribution in [0.25, 0.3) is 0 Å². The zero-order valence-electron chi connectivity index (χ0n) is 15.2. The Balaban J connectivity index is 3.67. The third kappa shape index (κ3) is 13.5. The highest BCUT2D eigenvalue weighted by atomic mass is 31.2. The second kappa shape index (κ2) is 13.3. The summed E-state index contributed by atoms with van der Waals surface area (Å²) in [6.07, 6.45) is 8.99. The van der Waals surface area contributed by atoms with Crippen LogP contribution in [0.5, 0.6) is 0 Å². The van der Waals surface area contributed by atoms with Crippen LogP contribution in [0.3, 0.4) is 0 Å². The Labute approximate surface area is 138 Å². The fraction of sp³-hybridized carbons (Fsp3) is 0.889. The molecule has 0 unspecified atom stereocenters. The zero-order valence-corrected chi connectivity index (χ0v) is 16.1. The molecule has 0 aromatic carbocycles. The molecule has 0 spiro atoms. The molecule has 0 aromatic heterocycles. The number of rotatable bonds is 15. The zero-order chi connectivity index (χ0) is 16.8. The molecule has 0 radical (unpaired) electrons. The minimum absolute atomic E-state index is 0.495. The Kier molecular flexibility index (Phi) is 13.3. The van der Waals surface area contributed by atoms with Crippen LogP contribution in [0.1, 0.15) is 79.1 Å². The summed E-state index contributed by atoms with van der Waals surface area (Å²) < 4.78 is 23.2. The maximum atomic E-state index is 12.3. The van der Waals surface area contributed by atoms with Gasteiger partial charge in [0.2, 0.25) is 0 Å². The van der Waals surface area contributed by atoms with E-state index in [1.54, 1.807) is 0 Å². The van der Waals surface area contributed by atoms with Gasteiger partial charge in [0, 0.05) is 5.82 Å². The van der Waals surface area contributed by atoms with Gasteiger partial charge in [-0.15, -0.1) is 0 Å². The molecule has 4 heteroatoms. The second-order valence-electron chi connectivity index (χ2n) is 6.88. The van der Waals surface area contributed by atoms with Gasteiger partial charge in [-0.3, -0.25) is 4.57 Å². The van der Waals surface area contributed by atoms with Crippen molar-refractivity contribution in [2.75, 3.05) is 13.2 Å². The monoisotopic (exact) mass is 332 g/mol. The first-order valence-electron chi connectivity index (χ1n) is 8.92. The fourth-order valence-electron chi connectivity index (χ4n) is 2.19. The fourth-order valence-corrected chi connectivity index (χ4v) is 3.24. The molecule has 3 nitrogen and oxygen atoms in total. The van der Waals surface area contributed by atoms with Crippen LogP contribution in [0, 0.1) is 11.8 Å². The summed E-state index contributed by atoms with van der Waals surface area (Å²) in [6.45, 7) is 13.5. The summed E-state index contributed by atoms with van der Waals surface area (Å²) in [5.74, 6) is 2.84. The van der Waals surface area contributed by atoms with E-state index in [4.69, 9.17) is 9.05 Å². The van der Waals surface area contributed by atoms with Gasteiger partial charge in [-0.25, -0.2) is 0 Å². The van der Waals surface area contributed by atoms with Gasteiger partial charge in [0.1, 0.15) is 0 Å². The van der Waals surface area contributed by atoms with Crippen LogP contribution >= 0.6 is 7.60 Å². The van der Waals surface area contributed by atoms with Crippen LogP contribution < -0.4 is 0 Å². The molecule has 22 heavy (non-hydrogen) atoms. The van der Waals surface area contributed by atoms with Crippen molar-refractivity contribution in [3.63, 3.8) is 0 Å². The van der Waals surface area contributed by atoms with Gasteiger partial charge in [-0.1, -0.05) is 72.8 Å². The van der Waals surface area contributed by atoms with Crippen molar-refractivity contribution in [1.82, 2.24) is 0 Å². The first kappa shape index (κ1) is 21.9. The average Bonchev–Trinajstić information content (AvgIpc) is 2.46. The largest absolute Gasteiger partial charge is 0.353 e. The summed E-state index contributed by atoms with van der Waals surface area (Å²) >= 11 is 0. The molecule has 0 saturated carbocycles. The van der Waals surface area contributed by atoms with Crippen molar-refractivity contribution in [1.29, 1.82) is 0 Å². The van der Waals surface area contributed by atoms with Gasteiger partial charge < -0.3 is 9.05 Å². The second-order valence-corrected chi connectivity index (χ2v) is 8.84. The Morgan fingerprint density at radius 1 is 0.818 bits per heavy atom. The third-order valence-electron chi connectivity index (χ3n) is 3.62. The maximum absolute atomic E-state index is 12.3. The summed E-state index contributed by atoms with van der Waals surface area (Å²) in [6, 6.07) is 0. The van der Waals surface area contributed by atoms with Crippen LogP contribution in [0.4, 0.5) is 0 Å². The molecule has 0 aliphatic heterocycles. The van der Waals surface area contributed by atoms with Gasteiger partial charge >= 0.3 is 7.60 Å². The molecule has 0 bridgehead atoms. The lowest BCUT2D eigenvalue weighted by atomic mass is 10.1. The molecule has 0 rings (SSSR count). The van der Waals surface area contributed by atoms with Gasteiger partial charge in [0.25, 0.3) is 0 Å². The lowest BCUT2D eigenvalue weighted by molar-refractivity contribution is 0.205. The molecule has 0 heterocycles. The van der Waals surface area contributed by atoms with Gasteiger partial charge in [0.15, 0.2) is 0 Å². The van der Waals surface area contributed by atoms with E-state index in [2.05, 4.69) is 34.3 Å². The van der Waals surface area contributed by atoms with Crippen molar-refractivity contribution in [3.05, 3.63) is 12.4 Å². The highest BCUT2D eigenvalue weighted by molar-refractivity contribution is 7.57. The smallest absolute Gasteiger partial charge is 0.306 e. The standard InChI is InChI=1S/C18H37O3P/c1-6-22(19,20-15-11-7-9-13-17(2)3)21-16-12-8-10-14-18(4)5/h6,17-18H,1,7-16H2,2-5H3. The van der Waals surface area contributed by atoms with E-state index in [0.717, 1.165) is 37.5 Å². The van der Waals surface area contributed by atoms with Gasteiger partial charge in [-0.05, 0) is 24.7 Å². The van der Waals surface area contributed by atoms with Gasteiger partial charge in [-0.2, -0.15) is 0 Å². The van der Waals surface area contributed by atoms with E-state index in [1.165, 1.54) is 31.5 Å². The van der Waals surface area contributed by atoms with E-state index in [-0.39, 0.29) is 0 Å². The Hall–Kier alpha value is -0.110. The topological polar surface area (TPSA) is 35.5 Å². The molecule has 0 aliphatic rings. The first-order valence-corrected chi connectivity index (χ1v) is 10.5. The Morgan fingerprint density at radius 2 is 1.23 bits per heavy atom. The quantitative estimate of drug-likeness (QED) is 0.245. The van der Waals surface area contributed by atoms with Crippen LogP contribution in [-0.2, 0) is 13.6 Å². The van der Waals surface area contributed by atoms with Crippen molar-refractivity contribution in [2.45, 2.75) is 79.1 Å². The van der Waals surface area contributed by atoms with E-state index in [9.17, 15) is 4.57 Å². The lowest BCUT2D eigenvalue weighted by Crippen LogP contribution is -1.98. The van der Waals surface area contributed by atoms with E-state index < -0.39 is 7.60 Å². The summed E-state index contributed by atoms with van der Waals surface area (Å²) in [7, 11) is -3.07. The lowest BCUT2D eigenvalue weighted by Gasteiger charge is -2.15. The first-order chi connectivity index (χ1) is 10.4. The molecular formula is C18H37O3P. The number of hydrogen-bond donors (Lipinski definition) is 0. The predicted octanol–water partition coefficient (Wildman–Crippen LogP) is 6.79. The number of unbranched alkanes of at least 4 members (excludes halogenated alkanes) is 4. The minimum atomic E-state index is -3.07. The summed E-state index contributed by atoms with van der Waals surface area (Å²) in [5, 5.41) is 0. The van der Waals surface area contributed by atoms with Crippen LogP contribution in [-0.4, -0.2) is 13.2 Å². The molecular weight excluding hydrogens is 295 g/mol. The number of hydrogen-bond acceptors (Lipinski definition) is 3. The van der Waals surface area contributed by atoms with Crippen molar-refractivity contribution >= 4 is 7.60 Å². The van der Waals surface area contributed by atoms with E-state index >= 15 is 0 Å². The molecule has 0 amide bonds. The molecule has 0 saturated heterocycles. The summed E-state index contributed by atoms with van der Waals surface area (Å²) in [4.78, 5) is 0. The van der Waals surface area contributed by atoms with Crippen molar-refractivity contribution in [3.8, 4) is 0 Å². The SMILES string of the molecule is C=CP(=O)(OCCCCCC(C)C)OCCCCCC(C)C. The molecule has 0 aromatic rings. The molecule has 0 atom stereocenters. The van der Waals surface area contributed by atoms with Crippen LogP contribution in [0.15, 0.2) is 12.4 Å². The minimum Gasteiger partial charge on any atom is -0.306 e. The maximum Gasteiger partial charge on any atom is 0.353 e. The third-order valence-corrected chi connectivity index (χ3v) is 5.15. The molecule has 0 fully saturated rings. The molecule has 0 N–H and O–H groups in total. The average molecular weight is 332 g/mol. The van der Waals surface area contributed by atoms with Crippen molar-refractivity contribution in [2.24, 2.45) is 11.8 Å². The summed E-state index contributed by atoms with van der Waals surface area (Å²) in [5.41, 5.74) is 0. The normalized spacial score (nSPS) is 12.3. The van der Waals surface area contributed by atoms with E-state index in [0.29, 0.717) is 13.2 Å². The van der Waals surface area contributed by atoms with E-state index in [1.807, 2.05) is 0 Å². The Morgan fingerprint density at radius 3 is 1.55 bits per heavy atom. The highest BCUT2D eigenvalue weighted by Crippen LogP contribution is 2.49. The Bertz CT molecular complexity index is 289. The van der Waals surface area contributed by atoms with Gasteiger partial charge in [0.05, 0.1) is 13.2 Å². The highest BCUT2D eigenvalue weighted by Gasteiger charge is 2.19. The van der Waals surface area contributed by atoms with Crippen LogP contribution in [0.2, 0.25) is 0 Å².